The second-order valence-electron chi connectivity index (χ2n) is 2.83. The van der Waals surface area contributed by atoms with Crippen molar-refractivity contribution in [3.63, 3.8) is 0 Å². The Kier molecular flexibility index (Phi) is 3.63. The Hall–Kier alpha value is 0.210. The van der Waals surface area contributed by atoms with E-state index in [0.29, 0.717) is 0 Å². The van der Waals surface area contributed by atoms with E-state index >= 15 is 0 Å². The molecule has 0 aromatic carbocycles. The number of hydrogen-bond donors (Lipinski definition) is 0. The van der Waals surface area contributed by atoms with Crippen molar-refractivity contribution in [3.05, 3.63) is 21.3 Å². The van der Waals surface area contributed by atoms with E-state index in [1.165, 1.54) is 20.8 Å². The van der Waals surface area contributed by atoms with Crippen molar-refractivity contribution in [2.45, 2.75) is 27.2 Å². The molecule has 0 saturated heterocycles. The van der Waals surface area contributed by atoms with Crippen molar-refractivity contribution < 1.29 is 0 Å². The SMILES string of the molecule is CCC1=C(C)C=CI(CC)C1. The van der Waals surface area contributed by atoms with Crippen LogP contribution in [0, 0.1) is 0 Å². The number of halogens is 1. The molecule has 0 unspecified atom stereocenters. The third kappa shape index (κ3) is 2.32. The molecule has 1 heterocycles. The predicted molar refractivity (Wildman–Crippen MR) is 61.6 cm³/mol. The molecule has 1 heteroatoms. The van der Waals surface area contributed by atoms with Crippen LogP contribution in [-0.2, 0) is 0 Å². The number of rotatable bonds is 2. The van der Waals surface area contributed by atoms with Crippen LogP contribution in [0.25, 0.3) is 0 Å². The Morgan fingerprint density at radius 1 is 1.45 bits per heavy atom. The minimum atomic E-state index is -0.620. The Labute approximate surface area is 77.1 Å². The fourth-order valence-corrected chi connectivity index (χ4v) is 5.89. The van der Waals surface area contributed by atoms with Crippen molar-refractivity contribution in [1.29, 1.82) is 0 Å². The quantitative estimate of drug-likeness (QED) is 0.526. The first-order valence-electron chi connectivity index (χ1n) is 4.25. The average Bonchev–Trinajstić information content (AvgIpc) is 2.05. The van der Waals surface area contributed by atoms with Gasteiger partial charge >= 0.3 is 77.2 Å². The van der Waals surface area contributed by atoms with E-state index in [1.807, 2.05) is 0 Å². The van der Waals surface area contributed by atoms with Gasteiger partial charge in [-0.2, -0.15) is 0 Å². The van der Waals surface area contributed by atoms with Gasteiger partial charge in [-0.1, -0.05) is 0 Å². The summed E-state index contributed by atoms with van der Waals surface area (Å²) in [7, 11) is 0. The van der Waals surface area contributed by atoms with E-state index in [4.69, 9.17) is 0 Å². The third-order valence-corrected chi connectivity index (χ3v) is 7.39. The van der Waals surface area contributed by atoms with Crippen molar-refractivity contribution in [2.75, 3.05) is 8.86 Å². The fourth-order valence-electron chi connectivity index (χ4n) is 1.22. The molecule has 0 saturated carbocycles. The summed E-state index contributed by atoms with van der Waals surface area (Å²) in [5.74, 6) is 0. The van der Waals surface area contributed by atoms with E-state index in [-0.39, 0.29) is 0 Å². The molecule has 0 fully saturated rings. The normalized spacial score (nSPS) is 21.2. The van der Waals surface area contributed by atoms with Crippen molar-refractivity contribution in [2.24, 2.45) is 0 Å². The van der Waals surface area contributed by atoms with Gasteiger partial charge in [-0.15, -0.1) is 0 Å². The summed E-state index contributed by atoms with van der Waals surface area (Å²) in [5.41, 5.74) is 3.26. The standard InChI is InChI=1S/C10H17I/c1-4-10-8-11(5-2)7-6-9(10)3/h6-7H,4-5,8H2,1-3H3. The zero-order valence-electron chi connectivity index (χ0n) is 7.65. The first-order chi connectivity index (χ1) is 5.27. The van der Waals surface area contributed by atoms with Gasteiger partial charge < -0.3 is 0 Å². The number of hydrogen-bond acceptors (Lipinski definition) is 0. The maximum atomic E-state index is 2.51. The molecule has 0 aromatic rings. The van der Waals surface area contributed by atoms with Gasteiger partial charge in [0.2, 0.25) is 0 Å². The molecule has 0 spiro atoms. The Bertz CT molecular complexity index is 189. The topological polar surface area (TPSA) is 0 Å². The monoisotopic (exact) mass is 264 g/mol. The first-order valence-corrected chi connectivity index (χ1v) is 8.54. The van der Waals surface area contributed by atoms with Crippen LogP contribution in [0.2, 0.25) is 0 Å². The van der Waals surface area contributed by atoms with Gasteiger partial charge in [0.25, 0.3) is 0 Å². The number of allylic oxidation sites excluding steroid dienone is 3. The summed E-state index contributed by atoms with van der Waals surface area (Å²) in [6, 6.07) is 0. The van der Waals surface area contributed by atoms with Crippen LogP contribution in [0.3, 0.4) is 0 Å². The second kappa shape index (κ2) is 4.29. The summed E-state index contributed by atoms with van der Waals surface area (Å²) in [6.45, 7) is 6.86. The molecule has 1 rings (SSSR count). The molecular formula is C10H17I. The van der Waals surface area contributed by atoms with Crippen LogP contribution >= 0.6 is 19.8 Å². The van der Waals surface area contributed by atoms with Crippen LogP contribution < -0.4 is 0 Å². The second-order valence-corrected chi connectivity index (χ2v) is 8.68. The van der Waals surface area contributed by atoms with Crippen LogP contribution in [0.15, 0.2) is 21.3 Å². The van der Waals surface area contributed by atoms with E-state index in [9.17, 15) is 0 Å². The molecular weight excluding hydrogens is 247 g/mol. The zero-order chi connectivity index (χ0) is 8.27. The van der Waals surface area contributed by atoms with Crippen LogP contribution in [0.4, 0.5) is 0 Å². The van der Waals surface area contributed by atoms with Gasteiger partial charge in [-0.25, -0.2) is 0 Å². The van der Waals surface area contributed by atoms with Crippen LogP contribution in [0.5, 0.6) is 0 Å². The first kappa shape index (κ1) is 9.30. The van der Waals surface area contributed by atoms with Crippen LogP contribution in [0.1, 0.15) is 27.2 Å². The number of alkyl halides is 2. The summed E-state index contributed by atoms with van der Waals surface area (Å²) < 4.78 is 5.41. The molecule has 0 amide bonds. The van der Waals surface area contributed by atoms with E-state index in [0.717, 1.165) is 0 Å². The van der Waals surface area contributed by atoms with Gasteiger partial charge in [-0.05, 0) is 0 Å². The van der Waals surface area contributed by atoms with Crippen molar-refractivity contribution >= 4 is 19.8 Å². The zero-order valence-corrected chi connectivity index (χ0v) is 9.81. The van der Waals surface area contributed by atoms with Gasteiger partial charge in [0.05, 0.1) is 0 Å². The minimum absolute atomic E-state index is 0.620. The molecule has 0 bridgehead atoms. The summed E-state index contributed by atoms with van der Waals surface area (Å²) >= 11 is -0.620. The Balaban J connectivity index is 2.67. The summed E-state index contributed by atoms with van der Waals surface area (Å²) in [5, 5.41) is 0. The molecule has 11 heavy (non-hydrogen) atoms. The van der Waals surface area contributed by atoms with Gasteiger partial charge in [0.1, 0.15) is 0 Å². The molecule has 0 radical (unpaired) electrons. The summed E-state index contributed by atoms with van der Waals surface area (Å²) in [4.78, 5) is 0. The van der Waals surface area contributed by atoms with Crippen molar-refractivity contribution in [3.8, 4) is 0 Å². The van der Waals surface area contributed by atoms with Crippen LogP contribution in [-0.4, -0.2) is 8.86 Å². The Morgan fingerprint density at radius 2 is 2.18 bits per heavy atom. The predicted octanol–water partition coefficient (Wildman–Crippen LogP) is 3.77. The molecule has 64 valence electrons. The third-order valence-electron chi connectivity index (χ3n) is 2.15. The molecule has 0 nitrogen and oxygen atoms in total. The Morgan fingerprint density at radius 3 is 2.73 bits per heavy atom. The summed E-state index contributed by atoms with van der Waals surface area (Å²) in [6.07, 6.45) is 3.63. The van der Waals surface area contributed by atoms with Gasteiger partial charge in [0.15, 0.2) is 0 Å². The molecule has 0 aliphatic carbocycles. The average molecular weight is 264 g/mol. The molecule has 0 aromatic heterocycles. The molecule has 1 aliphatic heterocycles. The van der Waals surface area contributed by atoms with E-state index in [2.05, 4.69) is 30.9 Å². The van der Waals surface area contributed by atoms with Gasteiger partial charge in [0, 0.05) is 0 Å². The van der Waals surface area contributed by atoms with E-state index < -0.39 is 19.8 Å². The molecule has 0 atom stereocenters. The maximum absolute atomic E-state index is 2.51. The van der Waals surface area contributed by atoms with E-state index in [1.54, 1.807) is 5.57 Å². The molecule has 1 aliphatic rings. The molecule has 0 N–H and O–H groups in total. The fraction of sp³-hybridized carbons (Fsp3) is 0.600. The van der Waals surface area contributed by atoms with Gasteiger partial charge in [-0.3, -0.25) is 0 Å². The van der Waals surface area contributed by atoms with Crippen molar-refractivity contribution in [1.82, 2.24) is 0 Å².